The quantitative estimate of drug-likeness (QED) is 0.600. The summed E-state index contributed by atoms with van der Waals surface area (Å²) in [6, 6.07) is 6.22. The van der Waals surface area contributed by atoms with E-state index < -0.39 is 11.9 Å². The molecular formula is C19H16N2O5S. The van der Waals surface area contributed by atoms with Gasteiger partial charge in [-0.05, 0) is 37.0 Å². The van der Waals surface area contributed by atoms with Gasteiger partial charge in [-0.3, -0.25) is 10.2 Å². The van der Waals surface area contributed by atoms with Crippen LogP contribution < -0.4 is 10.9 Å². The zero-order valence-corrected chi connectivity index (χ0v) is 15.2. The van der Waals surface area contributed by atoms with Gasteiger partial charge in [0.2, 0.25) is 5.55 Å². The lowest BCUT2D eigenvalue weighted by Gasteiger charge is -2.08. The van der Waals surface area contributed by atoms with E-state index in [4.69, 9.17) is 14.6 Å². The molecule has 4 rings (SSSR count). The summed E-state index contributed by atoms with van der Waals surface area (Å²) in [4.78, 5) is 26.0. The van der Waals surface area contributed by atoms with Gasteiger partial charge < -0.3 is 19.6 Å². The van der Waals surface area contributed by atoms with Gasteiger partial charge in [-0.1, -0.05) is 12.1 Å². The second kappa shape index (κ2) is 6.55. The lowest BCUT2D eigenvalue weighted by Crippen LogP contribution is -2.21. The summed E-state index contributed by atoms with van der Waals surface area (Å²) >= 11 is 1.36. The molecule has 27 heavy (non-hydrogen) atoms. The maximum Gasteiger partial charge on any atom is 0.341 e. The van der Waals surface area contributed by atoms with E-state index >= 15 is 0 Å². The molecule has 0 spiro atoms. The summed E-state index contributed by atoms with van der Waals surface area (Å²) in [5.74, 6) is -1.14. The van der Waals surface area contributed by atoms with E-state index in [0.29, 0.717) is 16.0 Å². The minimum atomic E-state index is -0.556. The van der Waals surface area contributed by atoms with Gasteiger partial charge >= 0.3 is 5.97 Å². The second-order valence-electron chi connectivity index (χ2n) is 6.19. The van der Waals surface area contributed by atoms with Crippen molar-refractivity contribution < 1.29 is 23.8 Å². The monoisotopic (exact) mass is 384 g/mol. The Hall–Kier alpha value is -3.13. The smallest absolute Gasteiger partial charge is 0.341 e. The number of hydrogen-bond donors (Lipinski definition) is 3. The number of carbonyl (C=O) groups excluding carboxylic acids is 2. The third kappa shape index (κ3) is 2.87. The highest BCUT2D eigenvalue weighted by Crippen LogP contribution is 2.39. The number of esters is 1. The first-order chi connectivity index (χ1) is 13.0. The molecular weight excluding hydrogens is 368 g/mol. The Kier molecular flexibility index (Phi) is 4.19. The number of rotatable bonds is 3. The SMILES string of the molecule is COC(=O)c1c(NC(=O)c2cc3cccc(O)c3oc2=N)sc2c1CCC2. The van der Waals surface area contributed by atoms with Crippen LogP contribution in [-0.4, -0.2) is 24.1 Å². The summed E-state index contributed by atoms with van der Waals surface area (Å²) in [7, 11) is 1.31. The molecule has 138 valence electrons. The van der Waals surface area contributed by atoms with Crippen molar-refractivity contribution in [3.63, 3.8) is 0 Å². The zero-order chi connectivity index (χ0) is 19.1. The van der Waals surface area contributed by atoms with Crippen molar-refractivity contribution in [1.82, 2.24) is 0 Å². The average molecular weight is 384 g/mol. The van der Waals surface area contributed by atoms with Crippen molar-refractivity contribution in [2.75, 3.05) is 12.4 Å². The fourth-order valence-corrected chi connectivity index (χ4v) is 4.57. The first-order valence-electron chi connectivity index (χ1n) is 8.34. The van der Waals surface area contributed by atoms with Crippen LogP contribution in [0, 0.1) is 5.41 Å². The van der Waals surface area contributed by atoms with Crippen LogP contribution >= 0.6 is 11.3 Å². The Morgan fingerprint density at radius 1 is 1.33 bits per heavy atom. The van der Waals surface area contributed by atoms with Crippen LogP contribution in [0.4, 0.5) is 5.00 Å². The Morgan fingerprint density at radius 3 is 2.93 bits per heavy atom. The molecule has 2 aromatic heterocycles. The molecule has 0 bridgehead atoms. The van der Waals surface area contributed by atoms with Crippen LogP contribution in [0.15, 0.2) is 28.7 Å². The molecule has 0 fully saturated rings. The highest BCUT2D eigenvalue weighted by Gasteiger charge is 2.28. The third-order valence-electron chi connectivity index (χ3n) is 4.56. The predicted octanol–water partition coefficient (Wildman–Crippen LogP) is 3.21. The van der Waals surface area contributed by atoms with Crippen LogP contribution in [0.2, 0.25) is 0 Å². The van der Waals surface area contributed by atoms with Crippen molar-refractivity contribution in [3.8, 4) is 5.75 Å². The normalized spacial score (nSPS) is 12.8. The number of hydrogen-bond acceptors (Lipinski definition) is 7. The van der Waals surface area contributed by atoms with Crippen LogP contribution in [0.3, 0.4) is 0 Å². The molecule has 1 aliphatic rings. The van der Waals surface area contributed by atoms with Crippen molar-refractivity contribution >= 4 is 39.2 Å². The van der Waals surface area contributed by atoms with Gasteiger partial charge in [0.1, 0.15) is 10.6 Å². The van der Waals surface area contributed by atoms with Gasteiger partial charge in [-0.2, -0.15) is 0 Å². The maximum absolute atomic E-state index is 12.8. The molecule has 1 aliphatic carbocycles. The van der Waals surface area contributed by atoms with Gasteiger partial charge in [-0.15, -0.1) is 11.3 Å². The van der Waals surface area contributed by atoms with Crippen LogP contribution in [0.25, 0.3) is 11.0 Å². The van der Waals surface area contributed by atoms with E-state index in [-0.39, 0.29) is 22.5 Å². The molecule has 1 aromatic carbocycles. The number of aryl methyl sites for hydroxylation is 1. The zero-order valence-electron chi connectivity index (χ0n) is 14.4. The van der Waals surface area contributed by atoms with Crippen molar-refractivity contribution in [2.24, 2.45) is 0 Å². The molecule has 8 heteroatoms. The minimum absolute atomic E-state index is 0.0116. The third-order valence-corrected chi connectivity index (χ3v) is 5.76. The fourth-order valence-electron chi connectivity index (χ4n) is 3.29. The van der Waals surface area contributed by atoms with E-state index in [9.17, 15) is 14.7 Å². The number of thiophene rings is 1. The second-order valence-corrected chi connectivity index (χ2v) is 7.30. The number of para-hydroxylation sites is 1. The van der Waals surface area contributed by atoms with Gasteiger partial charge in [0, 0.05) is 10.3 Å². The van der Waals surface area contributed by atoms with Crippen molar-refractivity contribution in [2.45, 2.75) is 19.3 Å². The number of anilines is 1. The summed E-state index contributed by atoms with van der Waals surface area (Å²) in [6.07, 6.45) is 2.62. The molecule has 2 heterocycles. The predicted molar refractivity (Wildman–Crippen MR) is 99.4 cm³/mol. The van der Waals surface area contributed by atoms with Gasteiger partial charge in [-0.25, -0.2) is 4.79 Å². The highest BCUT2D eigenvalue weighted by atomic mass is 32.1. The number of phenolic OH excluding ortho intramolecular Hbond substituents is 1. The topological polar surface area (TPSA) is 113 Å². The Bertz CT molecular complexity index is 1140. The number of nitrogens with one attached hydrogen (secondary N) is 2. The molecule has 0 unspecified atom stereocenters. The number of fused-ring (bicyclic) bond motifs is 2. The van der Waals surface area contributed by atoms with E-state index in [2.05, 4.69) is 5.32 Å². The Balaban J connectivity index is 1.73. The number of methoxy groups -OCH3 is 1. The van der Waals surface area contributed by atoms with Gasteiger partial charge in [0.05, 0.1) is 12.7 Å². The molecule has 0 atom stereocenters. The Labute approximate surface area is 157 Å². The van der Waals surface area contributed by atoms with Gasteiger partial charge in [0.25, 0.3) is 5.91 Å². The number of ether oxygens (including phenoxy) is 1. The first kappa shape index (κ1) is 17.3. The number of amides is 1. The van der Waals surface area contributed by atoms with E-state index in [1.54, 1.807) is 12.1 Å². The maximum atomic E-state index is 12.8. The molecule has 3 N–H and O–H groups in total. The lowest BCUT2D eigenvalue weighted by molar-refractivity contribution is 0.0601. The Morgan fingerprint density at radius 2 is 2.15 bits per heavy atom. The summed E-state index contributed by atoms with van der Waals surface area (Å²) < 4.78 is 10.2. The summed E-state index contributed by atoms with van der Waals surface area (Å²) in [6.45, 7) is 0. The van der Waals surface area contributed by atoms with E-state index in [0.717, 1.165) is 29.7 Å². The van der Waals surface area contributed by atoms with Crippen LogP contribution in [0.5, 0.6) is 5.75 Å². The molecule has 0 aliphatic heterocycles. The molecule has 3 aromatic rings. The minimum Gasteiger partial charge on any atom is -0.504 e. The number of benzene rings is 1. The molecule has 0 saturated carbocycles. The van der Waals surface area contributed by atoms with Gasteiger partial charge in [0.15, 0.2) is 11.3 Å². The fraction of sp³-hybridized carbons (Fsp3) is 0.211. The largest absolute Gasteiger partial charge is 0.504 e. The van der Waals surface area contributed by atoms with Crippen LogP contribution in [-0.2, 0) is 17.6 Å². The molecule has 0 radical (unpaired) electrons. The summed E-state index contributed by atoms with van der Waals surface area (Å²) in [5, 5.41) is 21.5. The van der Waals surface area contributed by atoms with Crippen molar-refractivity contribution in [3.05, 3.63) is 51.4 Å². The lowest BCUT2D eigenvalue weighted by atomic mass is 10.1. The first-order valence-corrected chi connectivity index (χ1v) is 9.16. The highest BCUT2D eigenvalue weighted by molar-refractivity contribution is 7.17. The molecule has 1 amide bonds. The van der Waals surface area contributed by atoms with Crippen LogP contribution in [0.1, 0.15) is 37.6 Å². The molecule has 0 saturated heterocycles. The number of aromatic hydroxyl groups is 1. The number of carbonyl (C=O) groups is 2. The van der Waals surface area contributed by atoms with Crippen molar-refractivity contribution in [1.29, 1.82) is 5.41 Å². The standard InChI is InChI=1S/C19H16N2O5S/c1-25-19(24)14-10-5-3-7-13(10)27-18(14)21-17(23)11-8-9-4-2-6-12(22)15(9)26-16(11)20/h2,4,6,8,20,22H,3,5,7H2,1H3,(H,21,23). The molecule has 7 nitrogen and oxygen atoms in total. The van der Waals surface area contributed by atoms with E-state index in [1.807, 2.05) is 0 Å². The van der Waals surface area contributed by atoms with E-state index in [1.165, 1.54) is 30.6 Å². The summed E-state index contributed by atoms with van der Waals surface area (Å²) in [5.41, 5.74) is 1.11. The average Bonchev–Trinajstić information content (AvgIpc) is 3.22. The number of phenols is 1.